The first-order valence-electron chi connectivity index (χ1n) is 6.55. The SMILES string of the molecule is CNCc1ccc(SC2CCOC2C)cc1C(F)(F)F. The maximum absolute atomic E-state index is 13.1. The molecule has 0 aliphatic carbocycles. The van der Waals surface area contributed by atoms with Gasteiger partial charge in [-0.15, -0.1) is 11.8 Å². The van der Waals surface area contributed by atoms with Crippen LogP contribution in [0.25, 0.3) is 0 Å². The monoisotopic (exact) mass is 305 g/mol. The zero-order valence-corrected chi connectivity index (χ0v) is 12.3. The highest BCUT2D eigenvalue weighted by Gasteiger charge is 2.34. The maximum Gasteiger partial charge on any atom is 0.416 e. The highest BCUT2D eigenvalue weighted by Crippen LogP contribution is 2.38. The van der Waals surface area contributed by atoms with Crippen molar-refractivity contribution in [1.29, 1.82) is 0 Å². The van der Waals surface area contributed by atoms with Crippen molar-refractivity contribution in [2.24, 2.45) is 0 Å². The van der Waals surface area contributed by atoms with E-state index in [2.05, 4.69) is 5.32 Å². The summed E-state index contributed by atoms with van der Waals surface area (Å²) in [7, 11) is 1.64. The van der Waals surface area contributed by atoms with Gasteiger partial charge in [0.1, 0.15) is 0 Å². The molecule has 2 unspecified atom stereocenters. The van der Waals surface area contributed by atoms with E-state index in [0.29, 0.717) is 11.5 Å². The topological polar surface area (TPSA) is 21.3 Å². The van der Waals surface area contributed by atoms with Gasteiger partial charge in [0.15, 0.2) is 0 Å². The summed E-state index contributed by atoms with van der Waals surface area (Å²) in [6.45, 7) is 2.86. The predicted octanol–water partition coefficient (Wildman–Crippen LogP) is 3.69. The van der Waals surface area contributed by atoms with Crippen molar-refractivity contribution in [3.05, 3.63) is 29.3 Å². The number of benzene rings is 1. The number of rotatable bonds is 4. The lowest BCUT2D eigenvalue weighted by atomic mass is 10.1. The van der Waals surface area contributed by atoms with E-state index in [4.69, 9.17) is 4.74 Å². The van der Waals surface area contributed by atoms with Crippen molar-refractivity contribution in [2.45, 2.75) is 42.3 Å². The molecule has 20 heavy (non-hydrogen) atoms. The van der Waals surface area contributed by atoms with Crippen LogP contribution in [0, 0.1) is 0 Å². The normalized spacial score (nSPS) is 23.2. The number of ether oxygens (including phenoxy) is 1. The van der Waals surface area contributed by atoms with Crippen LogP contribution >= 0.6 is 11.8 Å². The van der Waals surface area contributed by atoms with Gasteiger partial charge in [-0.25, -0.2) is 0 Å². The van der Waals surface area contributed by atoms with E-state index in [1.54, 1.807) is 19.2 Å². The fraction of sp³-hybridized carbons (Fsp3) is 0.571. The summed E-state index contributed by atoms with van der Waals surface area (Å²) in [4.78, 5) is 0.652. The molecule has 1 saturated heterocycles. The third-order valence-corrected chi connectivity index (χ3v) is 4.80. The molecule has 112 valence electrons. The summed E-state index contributed by atoms with van der Waals surface area (Å²) < 4.78 is 44.7. The maximum atomic E-state index is 13.1. The minimum Gasteiger partial charge on any atom is -0.377 e. The van der Waals surface area contributed by atoms with Crippen molar-refractivity contribution in [1.82, 2.24) is 5.32 Å². The Hall–Kier alpha value is -0.720. The van der Waals surface area contributed by atoms with Gasteiger partial charge in [-0.1, -0.05) is 6.07 Å². The fourth-order valence-electron chi connectivity index (χ4n) is 2.28. The van der Waals surface area contributed by atoms with Crippen LogP contribution in [-0.2, 0) is 17.5 Å². The number of hydrogen-bond acceptors (Lipinski definition) is 3. The van der Waals surface area contributed by atoms with Crippen molar-refractivity contribution in [2.75, 3.05) is 13.7 Å². The van der Waals surface area contributed by atoms with E-state index >= 15 is 0 Å². The molecule has 0 aromatic heterocycles. The summed E-state index contributed by atoms with van der Waals surface area (Å²) in [5.41, 5.74) is -0.275. The van der Waals surface area contributed by atoms with E-state index in [0.717, 1.165) is 6.42 Å². The van der Waals surface area contributed by atoms with E-state index in [1.807, 2.05) is 6.92 Å². The number of alkyl halides is 3. The lowest BCUT2D eigenvalue weighted by Crippen LogP contribution is -2.15. The molecule has 1 fully saturated rings. The molecule has 0 saturated carbocycles. The zero-order chi connectivity index (χ0) is 14.8. The quantitative estimate of drug-likeness (QED) is 0.916. The van der Waals surface area contributed by atoms with Gasteiger partial charge in [0, 0.05) is 23.3 Å². The molecule has 1 heterocycles. The van der Waals surface area contributed by atoms with Crippen LogP contribution in [0.2, 0.25) is 0 Å². The Kier molecular flexibility index (Phi) is 4.99. The summed E-state index contributed by atoms with van der Waals surface area (Å²) in [6, 6.07) is 4.57. The molecule has 2 atom stereocenters. The van der Waals surface area contributed by atoms with E-state index < -0.39 is 11.7 Å². The number of hydrogen-bond donors (Lipinski definition) is 1. The third kappa shape index (κ3) is 3.68. The molecule has 0 radical (unpaired) electrons. The molecule has 1 aromatic carbocycles. The van der Waals surface area contributed by atoms with Crippen LogP contribution < -0.4 is 5.32 Å². The Labute approximate surface area is 121 Å². The molecule has 0 amide bonds. The van der Waals surface area contributed by atoms with Crippen LogP contribution in [-0.4, -0.2) is 25.0 Å². The summed E-state index contributed by atoms with van der Waals surface area (Å²) in [6.07, 6.45) is -3.35. The van der Waals surface area contributed by atoms with Gasteiger partial charge in [0.2, 0.25) is 0 Å². The van der Waals surface area contributed by atoms with Crippen LogP contribution in [0.3, 0.4) is 0 Å². The summed E-state index contributed by atoms with van der Waals surface area (Å²) in [5, 5.41) is 3.00. The Morgan fingerprint density at radius 1 is 1.40 bits per heavy atom. The van der Waals surface area contributed by atoms with Crippen LogP contribution in [0.15, 0.2) is 23.1 Å². The highest BCUT2D eigenvalue weighted by molar-refractivity contribution is 8.00. The van der Waals surface area contributed by atoms with Crippen LogP contribution in [0.5, 0.6) is 0 Å². The van der Waals surface area contributed by atoms with Crippen molar-refractivity contribution < 1.29 is 17.9 Å². The fourth-order valence-corrected chi connectivity index (χ4v) is 3.45. The lowest BCUT2D eigenvalue weighted by molar-refractivity contribution is -0.138. The van der Waals surface area contributed by atoms with Crippen LogP contribution in [0.1, 0.15) is 24.5 Å². The van der Waals surface area contributed by atoms with Gasteiger partial charge in [0.05, 0.1) is 11.7 Å². The largest absolute Gasteiger partial charge is 0.416 e. The van der Waals surface area contributed by atoms with Gasteiger partial charge >= 0.3 is 6.18 Å². The third-order valence-electron chi connectivity index (χ3n) is 3.35. The van der Waals surface area contributed by atoms with Gasteiger partial charge in [0.25, 0.3) is 0 Å². The molecular formula is C14H18F3NOS. The Balaban J connectivity index is 2.22. The Morgan fingerprint density at radius 3 is 2.70 bits per heavy atom. The van der Waals surface area contributed by atoms with E-state index in [1.165, 1.54) is 17.8 Å². The first-order valence-corrected chi connectivity index (χ1v) is 7.42. The predicted molar refractivity (Wildman–Crippen MR) is 73.9 cm³/mol. The standard InChI is InChI=1S/C14H18F3NOS/c1-9-13(5-6-19-9)20-11-4-3-10(8-18-2)12(7-11)14(15,16)17/h3-4,7,9,13,18H,5-6,8H2,1-2H3. The van der Waals surface area contributed by atoms with E-state index in [-0.39, 0.29) is 23.5 Å². The summed E-state index contributed by atoms with van der Waals surface area (Å²) in [5.74, 6) is 0. The smallest absolute Gasteiger partial charge is 0.377 e. The van der Waals surface area contributed by atoms with Crippen molar-refractivity contribution >= 4 is 11.8 Å². The Bertz CT molecular complexity index is 464. The summed E-state index contributed by atoms with van der Waals surface area (Å²) >= 11 is 1.47. The van der Waals surface area contributed by atoms with Gasteiger partial charge < -0.3 is 10.1 Å². The Morgan fingerprint density at radius 2 is 2.15 bits per heavy atom. The second-order valence-corrected chi connectivity index (χ2v) is 6.18. The lowest BCUT2D eigenvalue weighted by Gasteiger charge is -2.17. The molecule has 2 nitrogen and oxygen atoms in total. The minimum atomic E-state index is -4.32. The minimum absolute atomic E-state index is 0.0892. The van der Waals surface area contributed by atoms with Gasteiger partial charge in [-0.05, 0) is 38.1 Å². The number of halogens is 3. The molecule has 6 heteroatoms. The average Bonchev–Trinajstić information content (AvgIpc) is 2.76. The molecule has 1 aromatic rings. The zero-order valence-electron chi connectivity index (χ0n) is 11.5. The molecule has 1 aliphatic heterocycles. The van der Waals surface area contributed by atoms with Crippen molar-refractivity contribution in [3.63, 3.8) is 0 Å². The molecule has 2 rings (SSSR count). The highest BCUT2D eigenvalue weighted by atomic mass is 32.2. The number of nitrogens with one attached hydrogen (secondary N) is 1. The first-order chi connectivity index (χ1) is 9.41. The molecular weight excluding hydrogens is 287 g/mol. The van der Waals surface area contributed by atoms with Crippen LogP contribution in [0.4, 0.5) is 13.2 Å². The van der Waals surface area contributed by atoms with Gasteiger partial charge in [-0.3, -0.25) is 0 Å². The first kappa shape index (κ1) is 15.7. The molecule has 0 bridgehead atoms. The second-order valence-electron chi connectivity index (χ2n) is 4.87. The average molecular weight is 305 g/mol. The van der Waals surface area contributed by atoms with Crippen molar-refractivity contribution in [3.8, 4) is 0 Å². The van der Waals surface area contributed by atoms with E-state index in [9.17, 15) is 13.2 Å². The molecule has 0 spiro atoms. The molecule has 1 aliphatic rings. The number of thioether (sulfide) groups is 1. The van der Waals surface area contributed by atoms with Gasteiger partial charge in [-0.2, -0.15) is 13.2 Å². The molecule has 1 N–H and O–H groups in total. The second kappa shape index (κ2) is 6.37.